The Bertz CT molecular complexity index is 813. The molecule has 2 heterocycles. The second kappa shape index (κ2) is 7.11. The Hall–Kier alpha value is -2.97. The third-order valence-corrected chi connectivity index (χ3v) is 3.67. The van der Waals surface area contributed by atoms with Gasteiger partial charge in [0.05, 0.1) is 31.1 Å². The van der Waals surface area contributed by atoms with Gasteiger partial charge in [0.15, 0.2) is 6.73 Å². The Labute approximate surface area is 147 Å². The van der Waals surface area contributed by atoms with E-state index in [-0.39, 0.29) is 13.3 Å². The van der Waals surface area contributed by atoms with Gasteiger partial charge in [0.2, 0.25) is 5.76 Å². The second-order valence-electron chi connectivity index (χ2n) is 5.55. The molecule has 2 aromatic rings. The Balaban J connectivity index is 1.65. The van der Waals surface area contributed by atoms with Gasteiger partial charge >= 0.3 is 12.1 Å². The van der Waals surface area contributed by atoms with Crippen molar-refractivity contribution in [3.05, 3.63) is 59.7 Å². The number of anilines is 1. The predicted molar refractivity (Wildman–Crippen MR) is 86.3 cm³/mol. The van der Waals surface area contributed by atoms with E-state index in [9.17, 15) is 18.0 Å². The van der Waals surface area contributed by atoms with Crippen LogP contribution in [0.1, 0.15) is 22.8 Å². The van der Waals surface area contributed by atoms with E-state index in [2.05, 4.69) is 9.84 Å². The third-order valence-electron chi connectivity index (χ3n) is 3.67. The molecule has 9 heteroatoms. The van der Waals surface area contributed by atoms with Crippen LogP contribution in [0, 0.1) is 0 Å². The average Bonchev–Trinajstić information content (AvgIpc) is 3.25. The van der Waals surface area contributed by atoms with Crippen molar-refractivity contribution < 1.29 is 27.4 Å². The van der Waals surface area contributed by atoms with Gasteiger partial charge in [-0.05, 0) is 24.6 Å². The van der Waals surface area contributed by atoms with Crippen molar-refractivity contribution in [1.29, 1.82) is 0 Å². The highest BCUT2D eigenvalue weighted by atomic mass is 19.4. The number of halogens is 3. The van der Waals surface area contributed by atoms with Crippen molar-refractivity contribution in [3.63, 3.8) is 0 Å². The number of alkyl halides is 3. The Morgan fingerprint density at radius 2 is 2.04 bits per heavy atom. The van der Waals surface area contributed by atoms with Gasteiger partial charge < -0.3 is 14.4 Å². The molecule has 26 heavy (non-hydrogen) atoms. The molecule has 0 N–H and O–H groups in total. The Morgan fingerprint density at radius 3 is 2.65 bits per heavy atom. The topological polar surface area (TPSA) is 56.6 Å². The van der Waals surface area contributed by atoms with Gasteiger partial charge in [-0.15, -0.1) is 0 Å². The van der Waals surface area contributed by atoms with E-state index in [4.69, 9.17) is 4.74 Å². The average molecular weight is 367 g/mol. The van der Waals surface area contributed by atoms with Gasteiger partial charge in [-0.2, -0.15) is 18.3 Å². The number of nitrogens with zero attached hydrogens (tertiary/aromatic N) is 3. The van der Waals surface area contributed by atoms with Crippen molar-refractivity contribution in [2.24, 2.45) is 0 Å². The van der Waals surface area contributed by atoms with Crippen LogP contribution in [0.2, 0.25) is 0 Å². The zero-order chi connectivity index (χ0) is 18.7. The van der Waals surface area contributed by atoms with Gasteiger partial charge in [0.25, 0.3) is 0 Å². The number of esters is 1. The molecule has 1 aromatic carbocycles. The molecule has 1 aliphatic rings. The lowest BCUT2D eigenvalue weighted by molar-refractivity contribution is -0.126. The molecule has 0 bridgehead atoms. The van der Waals surface area contributed by atoms with E-state index >= 15 is 0 Å². The minimum absolute atomic E-state index is 0.184. The smallest absolute Gasteiger partial charge is 0.450 e. The lowest BCUT2D eigenvalue weighted by Gasteiger charge is -2.13. The third kappa shape index (κ3) is 3.98. The molecule has 3 rings (SSSR count). The first kappa shape index (κ1) is 17.8. The van der Waals surface area contributed by atoms with Crippen LogP contribution in [0.25, 0.3) is 0 Å². The summed E-state index contributed by atoms with van der Waals surface area (Å²) in [6.07, 6.45) is -0.546. The summed E-state index contributed by atoms with van der Waals surface area (Å²) < 4.78 is 48.9. The van der Waals surface area contributed by atoms with Crippen LogP contribution in [0.4, 0.5) is 18.9 Å². The van der Waals surface area contributed by atoms with E-state index < -0.39 is 17.9 Å². The van der Waals surface area contributed by atoms with E-state index in [1.165, 1.54) is 11.1 Å². The molecule has 138 valence electrons. The number of ether oxygens (including phenoxy) is 2. The zero-order valence-corrected chi connectivity index (χ0v) is 13.9. The van der Waals surface area contributed by atoms with Crippen molar-refractivity contribution in [3.8, 4) is 0 Å². The lowest BCUT2D eigenvalue weighted by atomic mass is 10.2. The van der Waals surface area contributed by atoms with Crippen LogP contribution >= 0.6 is 0 Å². The number of rotatable bonds is 5. The number of aromatic nitrogens is 2. The van der Waals surface area contributed by atoms with Gasteiger partial charge in [0, 0.05) is 11.9 Å². The zero-order valence-electron chi connectivity index (χ0n) is 13.9. The van der Waals surface area contributed by atoms with Crippen LogP contribution in [-0.4, -0.2) is 35.3 Å². The van der Waals surface area contributed by atoms with Crippen molar-refractivity contribution in [2.75, 3.05) is 18.2 Å². The monoisotopic (exact) mass is 367 g/mol. The van der Waals surface area contributed by atoms with E-state index in [1.807, 2.05) is 0 Å². The number of allylic oxidation sites excluding steroid dienone is 1. The molecule has 0 saturated heterocycles. The molecule has 0 aliphatic carbocycles. The van der Waals surface area contributed by atoms with E-state index in [0.717, 1.165) is 11.8 Å². The van der Waals surface area contributed by atoms with Gasteiger partial charge in [-0.25, -0.2) is 4.79 Å². The fraction of sp³-hybridized carbons (Fsp3) is 0.294. The number of benzene rings is 1. The molecule has 6 nitrogen and oxygen atoms in total. The number of carbonyl (C=O) groups is 1. The molecular weight excluding hydrogens is 351 g/mol. The normalized spacial score (nSPS) is 14.2. The fourth-order valence-corrected chi connectivity index (χ4v) is 2.41. The molecule has 0 radical (unpaired) electrons. The fourth-order valence-electron chi connectivity index (χ4n) is 2.41. The predicted octanol–water partition coefficient (Wildman–Crippen LogP) is 3.31. The van der Waals surface area contributed by atoms with Crippen LogP contribution < -0.4 is 4.90 Å². The number of hydrogen-bond acceptors (Lipinski definition) is 5. The van der Waals surface area contributed by atoms with Crippen molar-refractivity contribution >= 4 is 11.7 Å². The molecule has 0 fully saturated rings. The summed E-state index contributed by atoms with van der Waals surface area (Å²) in [6, 6.07) is 6.95. The molecule has 0 amide bonds. The minimum Gasteiger partial charge on any atom is -0.466 e. The number of carbonyl (C=O) groups excluding carboxylic acids is 1. The molecule has 0 spiro atoms. The van der Waals surface area contributed by atoms with Crippen LogP contribution in [0.3, 0.4) is 0 Å². The van der Waals surface area contributed by atoms with Crippen molar-refractivity contribution in [1.82, 2.24) is 9.78 Å². The maximum atomic E-state index is 12.6. The highest BCUT2D eigenvalue weighted by Gasteiger charge is 2.39. The molecular formula is C17H16F3N3O3. The van der Waals surface area contributed by atoms with E-state index in [0.29, 0.717) is 17.8 Å². The first-order valence-electron chi connectivity index (χ1n) is 7.84. The molecule has 0 atom stereocenters. The summed E-state index contributed by atoms with van der Waals surface area (Å²) in [5, 5.41) is 4.10. The van der Waals surface area contributed by atoms with Gasteiger partial charge in [0.1, 0.15) is 0 Å². The summed E-state index contributed by atoms with van der Waals surface area (Å²) in [6.45, 7) is 2.24. The molecule has 0 unspecified atom stereocenters. The minimum atomic E-state index is -4.49. The molecule has 1 aliphatic heterocycles. The number of hydrogen-bond donors (Lipinski definition) is 0. The standard InChI is InChI=1S/C17H16F3N3O3/c1-2-25-16(24)13-7-21-23(9-13)8-12-3-5-14(6-4-12)22-10-15(26-11-22)17(18,19)20/h3-7,9-10H,2,8,11H2,1H3. The van der Waals surface area contributed by atoms with Gasteiger partial charge in [-0.1, -0.05) is 12.1 Å². The summed E-state index contributed by atoms with van der Waals surface area (Å²) >= 11 is 0. The largest absolute Gasteiger partial charge is 0.466 e. The van der Waals surface area contributed by atoms with Crippen molar-refractivity contribution in [2.45, 2.75) is 19.6 Å². The van der Waals surface area contributed by atoms with Crippen LogP contribution in [-0.2, 0) is 16.0 Å². The van der Waals surface area contributed by atoms with Crippen LogP contribution in [0.5, 0.6) is 0 Å². The quantitative estimate of drug-likeness (QED) is 0.759. The molecule has 0 saturated carbocycles. The lowest BCUT2D eigenvalue weighted by Crippen LogP contribution is -2.13. The Morgan fingerprint density at radius 1 is 1.31 bits per heavy atom. The maximum absolute atomic E-state index is 12.6. The van der Waals surface area contributed by atoms with E-state index in [1.54, 1.807) is 42.1 Å². The summed E-state index contributed by atoms with van der Waals surface area (Å²) in [5.41, 5.74) is 1.83. The second-order valence-corrected chi connectivity index (χ2v) is 5.55. The highest BCUT2D eigenvalue weighted by molar-refractivity contribution is 5.88. The maximum Gasteiger partial charge on any atom is 0.450 e. The first-order chi connectivity index (χ1) is 12.4. The summed E-state index contributed by atoms with van der Waals surface area (Å²) in [5.74, 6) is -1.44. The molecule has 1 aromatic heterocycles. The van der Waals surface area contributed by atoms with Gasteiger partial charge in [-0.3, -0.25) is 4.68 Å². The summed E-state index contributed by atoms with van der Waals surface area (Å²) in [4.78, 5) is 13.0. The Kier molecular flexibility index (Phi) is 4.88. The van der Waals surface area contributed by atoms with Crippen LogP contribution in [0.15, 0.2) is 48.6 Å². The first-order valence-corrected chi connectivity index (χ1v) is 7.84. The SMILES string of the molecule is CCOC(=O)c1cnn(Cc2ccc(N3C=C(C(F)(F)F)OC3)cc2)c1. The highest BCUT2D eigenvalue weighted by Crippen LogP contribution is 2.32. The summed E-state index contributed by atoms with van der Waals surface area (Å²) in [7, 11) is 0.